The van der Waals surface area contributed by atoms with Gasteiger partial charge in [-0.25, -0.2) is 0 Å². The Morgan fingerprint density at radius 2 is 1.67 bits per heavy atom. The number of carbonyl (C=O) groups is 2. The lowest BCUT2D eigenvalue weighted by Gasteiger charge is -2.24. The van der Waals surface area contributed by atoms with Crippen LogP contribution >= 0.6 is 11.6 Å². The van der Waals surface area contributed by atoms with Gasteiger partial charge in [0.15, 0.2) is 0 Å². The molecular weight excluding hydrogens is 326 g/mol. The van der Waals surface area contributed by atoms with E-state index in [2.05, 4.69) is 0 Å². The Kier molecular flexibility index (Phi) is 6.38. The van der Waals surface area contributed by atoms with Crippen molar-refractivity contribution in [2.45, 2.75) is 26.3 Å². The van der Waals surface area contributed by atoms with Crippen LogP contribution in [0, 0.1) is 0 Å². The van der Waals surface area contributed by atoms with E-state index in [9.17, 15) is 9.59 Å². The van der Waals surface area contributed by atoms with Crippen LogP contribution in [0.1, 0.15) is 34.8 Å². The Bertz CT molecular complexity index is 730. The van der Waals surface area contributed by atoms with E-state index in [-0.39, 0.29) is 25.4 Å². The third kappa shape index (κ3) is 4.59. The van der Waals surface area contributed by atoms with Crippen molar-refractivity contribution in [2.75, 3.05) is 6.54 Å². The lowest BCUT2D eigenvalue weighted by molar-refractivity contribution is -0.137. The number of hydrogen-bond acceptors (Lipinski definition) is 2. The summed E-state index contributed by atoms with van der Waals surface area (Å²) in [5.74, 6) is -1.11. The van der Waals surface area contributed by atoms with Gasteiger partial charge in [-0.05, 0) is 29.7 Å². The summed E-state index contributed by atoms with van der Waals surface area (Å²) in [6.07, 6.45) is 0.630. The number of amides is 1. The third-order valence-corrected chi connectivity index (χ3v) is 4.20. The average molecular weight is 346 g/mol. The highest BCUT2D eigenvalue weighted by Crippen LogP contribution is 2.20. The summed E-state index contributed by atoms with van der Waals surface area (Å²) >= 11 is 6.19. The Labute approximate surface area is 146 Å². The Morgan fingerprint density at radius 3 is 2.29 bits per heavy atom. The molecule has 0 spiro atoms. The van der Waals surface area contributed by atoms with E-state index in [1.165, 1.54) is 0 Å². The van der Waals surface area contributed by atoms with Crippen LogP contribution in [0.5, 0.6) is 0 Å². The molecule has 0 atom stereocenters. The number of nitrogens with zero attached hydrogens (tertiary/aromatic N) is 1. The molecule has 4 nitrogen and oxygen atoms in total. The minimum atomic E-state index is -0.935. The first-order chi connectivity index (χ1) is 11.5. The molecule has 24 heavy (non-hydrogen) atoms. The van der Waals surface area contributed by atoms with Crippen LogP contribution in [0.3, 0.4) is 0 Å². The zero-order valence-electron chi connectivity index (χ0n) is 13.5. The quantitative estimate of drug-likeness (QED) is 0.824. The van der Waals surface area contributed by atoms with Crippen LogP contribution in [-0.4, -0.2) is 28.4 Å². The topological polar surface area (TPSA) is 57.6 Å². The van der Waals surface area contributed by atoms with Gasteiger partial charge in [0.25, 0.3) is 5.91 Å². The molecule has 0 radical (unpaired) electrons. The summed E-state index contributed by atoms with van der Waals surface area (Å²) in [6, 6.07) is 14.7. The van der Waals surface area contributed by atoms with Crippen LogP contribution in [-0.2, 0) is 17.8 Å². The largest absolute Gasteiger partial charge is 0.481 e. The standard InChI is InChI=1S/C19H20ClNO3/c1-2-14-7-3-5-9-16(14)19(24)21(12-11-18(22)23)13-15-8-4-6-10-17(15)20/h3-10H,2,11-13H2,1H3,(H,22,23). The van der Waals surface area contributed by atoms with E-state index < -0.39 is 5.97 Å². The van der Waals surface area contributed by atoms with Crippen molar-refractivity contribution in [3.63, 3.8) is 0 Å². The zero-order chi connectivity index (χ0) is 17.5. The first-order valence-corrected chi connectivity index (χ1v) is 8.23. The normalized spacial score (nSPS) is 10.4. The number of carboxylic acids is 1. The second-order valence-electron chi connectivity index (χ2n) is 5.47. The number of carboxylic acid groups (broad SMARTS) is 1. The van der Waals surface area contributed by atoms with Crippen LogP contribution < -0.4 is 0 Å². The van der Waals surface area contributed by atoms with Crippen molar-refractivity contribution < 1.29 is 14.7 Å². The van der Waals surface area contributed by atoms with Gasteiger partial charge < -0.3 is 10.0 Å². The van der Waals surface area contributed by atoms with Gasteiger partial charge in [0.2, 0.25) is 0 Å². The number of aryl methyl sites for hydroxylation is 1. The molecule has 0 bridgehead atoms. The molecule has 2 aromatic carbocycles. The molecule has 0 unspecified atom stereocenters. The summed E-state index contributed by atoms with van der Waals surface area (Å²) in [4.78, 5) is 25.4. The molecule has 0 aliphatic carbocycles. The zero-order valence-corrected chi connectivity index (χ0v) is 14.3. The Morgan fingerprint density at radius 1 is 1.04 bits per heavy atom. The summed E-state index contributed by atoms with van der Waals surface area (Å²) in [7, 11) is 0. The van der Waals surface area contributed by atoms with Gasteiger partial charge in [-0.1, -0.05) is 54.9 Å². The highest BCUT2D eigenvalue weighted by atomic mass is 35.5. The molecule has 1 N–H and O–H groups in total. The first-order valence-electron chi connectivity index (χ1n) is 7.85. The lowest BCUT2D eigenvalue weighted by atomic mass is 10.0. The summed E-state index contributed by atoms with van der Waals surface area (Å²) in [5, 5.41) is 9.54. The smallest absolute Gasteiger partial charge is 0.305 e. The predicted molar refractivity (Wildman–Crippen MR) is 94.3 cm³/mol. The van der Waals surface area contributed by atoms with Crippen molar-refractivity contribution in [2.24, 2.45) is 0 Å². The van der Waals surface area contributed by atoms with Crippen molar-refractivity contribution in [3.05, 3.63) is 70.2 Å². The fraction of sp³-hybridized carbons (Fsp3) is 0.263. The van der Waals surface area contributed by atoms with Gasteiger partial charge in [-0.3, -0.25) is 9.59 Å². The Balaban J connectivity index is 2.29. The molecule has 1 amide bonds. The Hall–Kier alpha value is -2.33. The third-order valence-electron chi connectivity index (χ3n) is 3.83. The summed E-state index contributed by atoms with van der Waals surface area (Å²) in [5.41, 5.74) is 2.35. The number of hydrogen-bond donors (Lipinski definition) is 1. The fourth-order valence-corrected chi connectivity index (χ4v) is 2.72. The highest BCUT2D eigenvalue weighted by Gasteiger charge is 2.20. The number of carbonyl (C=O) groups excluding carboxylic acids is 1. The monoisotopic (exact) mass is 345 g/mol. The molecule has 0 saturated carbocycles. The molecule has 5 heteroatoms. The van der Waals surface area contributed by atoms with Crippen LogP contribution in [0.4, 0.5) is 0 Å². The maximum absolute atomic E-state index is 12.9. The van der Waals surface area contributed by atoms with E-state index >= 15 is 0 Å². The second kappa shape index (κ2) is 8.50. The van der Waals surface area contributed by atoms with E-state index in [4.69, 9.17) is 16.7 Å². The minimum absolute atomic E-state index is 0.107. The minimum Gasteiger partial charge on any atom is -0.481 e. The number of halogens is 1. The van der Waals surface area contributed by atoms with Gasteiger partial charge >= 0.3 is 5.97 Å². The van der Waals surface area contributed by atoms with Crippen molar-refractivity contribution in [1.82, 2.24) is 4.90 Å². The van der Waals surface area contributed by atoms with Gasteiger partial charge in [-0.2, -0.15) is 0 Å². The second-order valence-corrected chi connectivity index (χ2v) is 5.88. The maximum atomic E-state index is 12.9. The molecule has 0 aliphatic rings. The summed E-state index contributed by atoms with van der Waals surface area (Å²) < 4.78 is 0. The van der Waals surface area contributed by atoms with Crippen molar-refractivity contribution >= 4 is 23.5 Å². The van der Waals surface area contributed by atoms with E-state index in [1.54, 1.807) is 17.0 Å². The molecule has 2 aromatic rings. The van der Waals surface area contributed by atoms with Crippen LogP contribution in [0.15, 0.2) is 48.5 Å². The fourth-order valence-electron chi connectivity index (χ4n) is 2.52. The number of benzene rings is 2. The van der Waals surface area contributed by atoms with E-state index in [0.717, 1.165) is 17.5 Å². The van der Waals surface area contributed by atoms with Crippen molar-refractivity contribution in [1.29, 1.82) is 0 Å². The molecule has 0 aromatic heterocycles. The first kappa shape index (κ1) is 18.0. The van der Waals surface area contributed by atoms with E-state index in [0.29, 0.717) is 10.6 Å². The van der Waals surface area contributed by atoms with Crippen LogP contribution in [0.25, 0.3) is 0 Å². The molecule has 0 aliphatic heterocycles. The molecule has 126 valence electrons. The summed E-state index contributed by atoms with van der Waals surface area (Å²) in [6.45, 7) is 2.41. The molecular formula is C19H20ClNO3. The van der Waals surface area contributed by atoms with Gasteiger partial charge in [0.1, 0.15) is 0 Å². The number of rotatable bonds is 7. The molecule has 0 heterocycles. The van der Waals surface area contributed by atoms with Crippen molar-refractivity contribution in [3.8, 4) is 0 Å². The molecule has 2 rings (SSSR count). The van der Waals surface area contributed by atoms with Gasteiger partial charge in [0, 0.05) is 23.7 Å². The maximum Gasteiger partial charge on any atom is 0.305 e. The predicted octanol–water partition coefficient (Wildman–Crippen LogP) is 4.02. The van der Waals surface area contributed by atoms with Gasteiger partial charge in [0.05, 0.1) is 6.42 Å². The average Bonchev–Trinajstić information content (AvgIpc) is 2.59. The SMILES string of the molecule is CCc1ccccc1C(=O)N(CCC(=O)O)Cc1ccccc1Cl. The van der Waals surface area contributed by atoms with Crippen LogP contribution in [0.2, 0.25) is 5.02 Å². The highest BCUT2D eigenvalue weighted by molar-refractivity contribution is 6.31. The number of aliphatic carboxylic acids is 1. The van der Waals surface area contributed by atoms with E-state index in [1.807, 2.05) is 43.3 Å². The molecule has 0 fully saturated rings. The van der Waals surface area contributed by atoms with Gasteiger partial charge in [-0.15, -0.1) is 0 Å². The lowest BCUT2D eigenvalue weighted by Crippen LogP contribution is -2.33. The molecule has 0 saturated heterocycles.